The fraction of sp³-hybridized carbons (Fsp3) is 0.520. The zero-order chi connectivity index (χ0) is 26.0. The lowest BCUT2D eigenvalue weighted by Gasteiger charge is -2.50. The lowest BCUT2D eigenvalue weighted by atomic mass is 9.55. The first-order chi connectivity index (χ1) is 16.4. The highest BCUT2D eigenvalue weighted by Crippen LogP contribution is 2.55. The molecule has 1 amide bonds. The quantitative estimate of drug-likeness (QED) is 0.389. The van der Waals surface area contributed by atoms with Crippen LogP contribution in [0, 0.1) is 23.7 Å². The van der Waals surface area contributed by atoms with Crippen LogP contribution in [0.5, 0.6) is 5.75 Å². The molecule has 4 atom stereocenters. The van der Waals surface area contributed by atoms with Gasteiger partial charge in [-0.3, -0.25) is 14.4 Å². The van der Waals surface area contributed by atoms with Crippen molar-refractivity contribution >= 4 is 23.3 Å². The Bertz CT molecular complexity index is 1200. The number of carbonyl (C=O) groups is 3. The van der Waals surface area contributed by atoms with Gasteiger partial charge in [-0.05, 0) is 24.7 Å². The number of nitrogens with zero attached hydrogens (tertiary/aromatic N) is 2. The lowest BCUT2D eigenvalue weighted by Crippen LogP contribution is -2.60. The molecular formula is C25H31N3O7. The summed E-state index contributed by atoms with van der Waals surface area (Å²) in [6, 6.07) is 0. The SMILES string of the molecule is CCC(CC)[C@@H]1C(O)=C(C(N)=O)C(=O)[C@@]2(O)C(O)=C3C(=O)c4c(O)cnc(N(C)C)c4C[C@H]3C[C@@H]12. The minimum atomic E-state index is -2.60. The van der Waals surface area contributed by atoms with E-state index in [2.05, 4.69) is 4.98 Å². The summed E-state index contributed by atoms with van der Waals surface area (Å²) >= 11 is 0. The van der Waals surface area contributed by atoms with Gasteiger partial charge >= 0.3 is 0 Å². The van der Waals surface area contributed by atoms with E-state index in [0.717, 1.165) is 6.20 Å². The van der Waals surface area contributed by atoms with Crippen molar-refractivity contribution < 1.29 is 34.8 Å². The number of Topliss-reactive ketones (excluding diaryl/α,β-unsaturated/α-hetero) is 2. The third-order valence-electron chi connectivity index (χ3n) is 7.96. The zero-order valence-corrected chi connectivity index (χ0v) is 20.2. The van der Waals surface area contributed by atoms with Crippen molar-refractivity contribution in [2.24, 2.45) is 29.4 Å². The molecule has 1 heterocycles. The van der Waals surface area contributed by atoms with Crippen LogP contribution in [0.3, 0.4) is 0 Å². The molecule has 4 rings (SSSR count). The summed E-state index contributed by atoms with van der Waals surface area (Å²) in [5, 5.41) is 44.6. The monoisotopic (exact) mass is 485 g/mol. The number of carbonyl (C=O) groups excluding carboxylic acids is 3. The summed E-state index contributed by atoms with van der Waals surface area (Å²) in [7, 11) is 3.51. The number of aromatic hydroxyl groups is 1. The molecule has 35 heavy (non-hydrogen) atoms. The number of rotatable bonds is 5. The smallest absolute Gasteiger partial charge is 0.255 e. The zero-order valence-electron chi connectivity index (χ0n) is 20.2. The molecule has 0 spiro atoms. The first kappa shape index (κ1) is 24.7. The Morgan fingerprint density at radius 3 is 2.40 bits per heavy atom. The molecule has 0 radical (unpaired) electrons. The van der Waals surface area contributed by atoms with Crippen molar-refractivity contribution in [2.45, 2.75) is 45.1 Å². The number of anilines is 1. The number of pyridine rings is 1. The normalized spacial score (nSPS) is 28.1. The number of ketones is 2. The predicted molar refractivity (Wildman–Crippen MR) is 126 cm³/mol. The Balaban J connectivity index is 1.98. The van der Waals surface area contributed by atoms with Crippen molar-refractivity contribution in [3.63, 3.8) is 0 Å². The van der Waals surface area contributed by atoms with Gasteiger partial charge in [0.1, 0.15) is 28.7 Å². The molecule has 1 aromatic heterocycles. The van der Waals surface area contributed by atoms with Gasteiger partial charge in [-0.15, -0.1) is 0 Å². The topological polar surface area (TPSA) is 174 Å². The summed E-state index contributed by atoms with van der Waals surface area (Å²) in [6.45, 7) is 3.78. The maximum Gasteiger partial charge on any atom is 0.255 e. The summed E-state index contributed by atoms with van der Waals surface area (Å²) < 4.78 is 0. The Hall–Kier alpha value is -3.40. The number of aliphatic hydroxyl groups excluding tert-OH is 2. The van der Waals surface area contributed by atoms with E-state index in [9.17, 15) is 34.8 Å². The number of hydrogen-bond donors (Lipinski definition) is 5. The Morgan fingerprint density at radius 2 is 1.86 bits per heavy atom. The van der Waals surface area contributed by atoms with E-state index in [4.69, 9.17) is 5.73 Å². The molecule has 10 heteroatoms. The molecule has 0 saturated heterocycles. The number of hydrogen-bond acceptors (Lipinski definition) is 9. The highest BCUT2D eigenvalue weighted by atomic mass is 16.3. The van der Waals surface area contributed by atoms with Crippen LogP contribution >= 0.6 is 0 Å². The highest BCUT2D eigenvalue weighted by molar-refractivity contribution is 6.24. The van der Waals surface area contributed by atoms with Gasteiger partial charge in [0.2, 0.25) is 5.78 Å². The van der Waals surface area contributed by atoms with Gasteiger partial charge in [-0.25, -0.2) is 4.98 Å². The number of allylic oxidation sites excluding steroid dienone is 2. The fourth-order valence-electron chi connectivity index (χ4n) is 6.32. The predicted octanol–water partition coefficient (Wildman–Crippen LogP) is 1.70. The van der Waals surface area contributed by atoms with Crippen LogP contribution in [0.2, 0.25) is 0 Å². The van der Waals surface area contributed by atoms with E-state index in [1.54, 1.807) is 19.0 Å². The molecule has 0 bridgehead atoms. The molecule has 0 aliphatic heterocycles. The number of primary amides is 1. The van der Waals surface area contributed by atoms with Crippen LogP contribution in [0.15, 0.2) is 28.9 Å². The van der Waals surface area contributed by atoms with Crippen LogP contribution in [0.4, 0.5) is 5.82 Å². The summed E-state index contributed by atoms with van der Waals surface area (Å²) in [4.78, 5) is 45.1. The minimum absolute atomic E-state index is 0.0446. The second kappa shape index (κ2) is 8.37. The average Bonchev–Trinajstić information content (AvgIpc) is 2.78. The van der Waals surface area contributed by atoms with Crippen LogP contribution in [-0.2, 0) is 16.0 Å². The standard InChI is InChI=1S/C25H31N3O7/c1-5-10(6-2)15-13-8-11-7-12-17(14(29)9-27-24(12)28(3)4)20(31)16(11)21(32)25(13,35)22(33)18(19(15)30)23(26)34/h9-11,13,15,29-30,32,35H,5-8H2,1-4H3,(H2,26,34)/t11-,13-,15-,25-/m0/s1. The molecule has 0 unspecified atom stereocenters. The van der Waals surface area contributed by atoms with E-state index in [1.807, 2.05) is 13.8 Å². The lowest BCUT2D eigenvalue weighted by molar-refractivity contribution is -0.150. The molecule has 6 N–H and O–H groups in total. The molecule has 188 valence electrons. The van der Waals surface area contributed by atoms with Gasteiger partial charge in [0.05, 0.1) is 11.8 Å². The molecule has 0 saturated carbocycles. The van der Waals surface area contributed by atoms with E-state index in [0.29, 0.717) is 24.2 Å². The van der Waals surface area contributed by atoms with Gasteiger partial charge < -0.3 is 31.1 Å². The van der Waals surface area contributed by atoms with Crippen LogP contribution in [0.25, 0.3) is 0 Å². The first-order valence-corrected chi connectivity index (χ1v) is 11.8. The summed E-state index contributed by atoms with van der Waals surface area (Å²) in [5.74, 6) is -6.99. The van der Waals surface area contributed by atoms with Crippen molar-refractivity contribution in [3.8, 4) is 5.75 Å². The Morgan fingerprint density at radius 1 is 1.23 bits per heavy atom. The van der Waals surface area contributed by atoms with Crippen LogP contribution in [-0.4, -0.2) is 62.6 Å². The molecule has 10 nitrogen and oxygen atoms in total. The third kappa shape index (κ3) is 3.26. The molecule has 3 aliphatic carbocycles. The average molecular weight is 486 g/mol. The maximum absolute atomic E-state index is 13.6. The van der Waals surface area contributed by atoms with Crippen LogP contribution in [0.1, 0.15) is 49.0 Å². The third-order valence-corrected chi connectivity index (χ3v) is 7.96. The molecule has 0 aromatic carbocycles. The molecular weight excluding hydrogens is 454 g/mol. The number of aliphatic hydroxyl groups is 3. The van der Waals surface area contributed by atoms with E-state index in [1.165, 1.54) is 0 Å². The molecule has 1 aromatic rings. The number of nitrogens with two attached hydrogens (primary N) is 1. The van der Waals surface area contributed by atoms with Gasteiger partial charge in [-0.2, -0.15) is 0 Å². The van der Waals surface area contributed by atoms with Gasteiger partial charge in [0, 0.05) is 37.1 Å². The Labute approximate surface area is 202 Å². The number of fused-ring (bicyclic) bond motifs is 3. The summed E-state index contributed by atoms with van der Waals surface area (Å²) in [5.41, 5.74) is 2.34. The van der Waals surface area contributed by atoms with Crippen molar-refractivity contribution in [3.05, 3.63) is 40.0 Å². The minimum Gasteiger partial charge on any atom is -0.511 e. The van der Waals surface area contributed by atoms with Gasteiger partial charge in [0.15, 0.2) is 11.4 Å². The number of aromatic nitrogens is 1. The maximum atomic E-state index is 13.6. The first-order valence-electron chi connectivity index (χ1n) is 11.8. The molecule has 3 aliphatic rings. The fourth-order valence-corrected chi connectivity index (χ4v) is 6.32. The van der Waals surface area contributed by atoms with Crippen molar-refractivity contribution in [1.29, 1.82) is 0 Å². The highest BCUT2D eigenvalue weighted by Gasteiger charge is 2.63. The largest absolute Gasteiger partial charge is 0.511 e. The Kier molecular flexibility index (Phi) is 5.91. The van der Waals surface area contributed by atoms with Gasteiger partial charge in [0.25, 0.3) is 5.91 Å². The number of amides is 1. The molecule has 0 fully saturated rings. The van der Waals surface area contributed by atoms with E-state index < -0.39 is 57.9 Å². The van der Waals surface area contributed by atoms with Crippen LogP contribution < -0.4 is 10.6 Å². The van der Waals surface area contributed by atoms with E-state index >= 15 is 0 Å². The van der Waals surface area contributed by atoms with Gasteiger partial charge in [-0.1, -0.05) is 26.7 Å². The van der Waals surface area contributed by atoms with Crippen molar-refractivity contribution in [1.82, 2.24) is 4.98 Å². The second-order valence-corrected chi connectivity index (χ2v) is 9.87. The van der Waals surface area contributed by atoms with Crippen molar-refractivity contribution in [2.75, 3.05) is 19.0 Å². The summed E-state index contributed by atoms with van der Waals surface area (Å²) in [6.07, 6.45) is 2.60. The second-order valence-electron chi connectivity index (χ2n) is 9.87. The van der Waals surface area contributed by atoms with E-state index in [-0.39, 0.29) is 35.6 Å².